The molecule has 0 radical (unpaired) electrons. The summed E-state index contributed by atoms with van der Waals surface area (Å²) in [4.78, 5) is 20.5. The Morgan fingerprint density at radius 3 is 2.70 bits per heavy atom. The van der Waals surface area contributed by atoms with Crippen LogP contribution in [0.2, 0.25) is 5.02 Å². The van der Waals surface area contributed by atoms with Gasteiger partial charge >= 0.3 is 6.47 Å². The van der Waals surface area contributed by atoms with Crippen molar-refractivity contribution in [3.8, 4) is 0 Å². The van der Waals surface area contributed by atoms with Gasteiger partial charge in [0.1, 0.15) is 10.7 Å². The van der Waals surface area contributed by atoms with Gasteiger partial charge in [0, 0.05) is 18.0 Å². The lowest BCUT2D eigenvalue weighted by atomic mass is 10.0. The van der Waals surface area contributed by atoms with Crippen molar-refractivity contribution in [1.29, 1.82) is 0 Å². The molecular formula is C21H22ClFN4O4S2. The van der Waals surface area contributed by atoms with E-state index in [-0.39, 0.29) is 33.5 Å². The number of benzene rings is 2. The van der Waals surface area contributed by atoms with Gasteiger partial charge in [-0.15, -0.1) is 11.3 Å². The third kappa shape index (κ3) is 5.80. The lowest BCUT2D eigenvalue weighted by molar-refractivity contribution is -0.128. The number of hydrogen-bond donors (Lipinski definition) is 1. The number of rotatable bonds is 10. The number of thiazole rings is 1. The molecule has 2 aromatic carbocycles. The Kier molecular flexibility index (Phi) is 7.90. The first kappa shape index (κ1) is 24.9. The van der Waals surface area contributed by atoms with E-state index < -0.39 is 20.7 Å². The van der Waals surface area contributed by atoms with Crippen molar-refractivity contribution in [3.05, 3.63) is 69.3 Å². The second-order valence-electron chi connectivity index (χ2n) is 7.39. The first-order chi connectivity index (χ1) is 15.6. The van der Waals surface area contributed by atoms with Crippen molar-refractivity contribution in [2.24, 2.45) is 0 Å². The third-order valence-electron chi connectivity index (χ3n) is 4.58. The van der Waals surface area contributed by atoms with Gasteiger partial charge in [-0.05, 0) is 44.3 Å². The lowest BCUT2D eigenvalue weighted by Crippen LogP contribution is -2.31. The molecule has 12 heteroatoms. The summed E-state index contributed by atoms with van der Waals surface area (Å²) in [6.45, 7) is 2.56. The summed E-state index contributed by atoms with van der Waals surface area (Å²) in [6.07, 6.45) is 0. The molecule has 8 nitrogen and oxygen atoms in total. The number of carbonyl (C=O) groups is 1. The van der Waals surface area contributed by atoms with Crippen molar-refractivity contribution in [3.63, 3.8) is 0 Å². The fourth-order valence-corrected chi connectivity index (χ4v) is 5.24. The molecule has 0 fully saturated rings. The number of halogens is 2. The maximum Gasteiger partial charge on any atom is 0.322 e. The molecule has 1 heterocycles. The van der Waals surface area contributed by atoms with E-state index in [1.807, 2.05) is 50.2 Å². The average molecular weight is 513 g/mol. The molecule has 0 aliphatic rings. The number of carbonyl (C=O) groups excluding carboxylic acids is 1. The van der Waals surface area contributed by atoms with Crippen LogP contribution in [0.25, 0.3) is 0 Å². The SMILES string of the molecule is C[C@@H](Nc1cc(F)c(S(=O)(=O)N(OC=O)c2cscn2)cc1Cl)c1cccc(CN(C)C)c1. The van der Waals surface area contributed by atoms with Crippen LogP contribution in [0.3, 0.4) is 0 Å². The summed E-state index contributed by atoms with van der Waals surface area (Å²) in [5, 5.41) is 4.43. The average Bonchev–Trinajstić information content (AvgIpc) is 3.28. The maximum absolute atomic E-state index is 15.0. The summed E-state index contributed by atoms with van der Waals surface area (Å²) >= 11 is 7.38. The van der Waals surface area contributed by atoms with E-state index >= 15 is 0 Å². The zero-order valence-corrected chi connectivity index (χ0v) is 20.4. The lowest BCUT2D eigenvalue weighted by Gasteiger charge is -2.21. The summed E-state index contributed by atoms with van der Waals surface area (Å²) in [7, 11) is -0.673. The summed E-state index contributed by atoms with van der Waals surface area (Å²) in [6, 6.07) is 9.64. The number of sulfonamides is 1. The van der Waals surface area contributed by atoms with Crippen LogP contribution in [0, 0.1) is 5.82 Å². The van der Waals surface area contributed by atoms with Crippen molar-refractivity contribution in [1.82, 2.24) is 9.88 Å². The second-order valence-corrected chi connectivity index (χ2v) is 10.2. The minimum absolute atomic E-state index is 0.0180. The summed E-state index contributed by atoms with van der Waals surface area (Å²) < 4.78 is 41.1. The van der Waals surface area contributed by atoms with Crippen LogP contribution >= 0.6 is 22.9 Å². The van der Waals surface area contributed by atoms with Gasteiger partial charge in [-0.1, -0.05) is 40.3 Å². The third-order valence-corrected chi connectivity index (χ3v) is 7.05. The molecule has 1 atom stereocenters. The number of nitrogens with zero attached hydrogens (tertiary/aromatic N) is 3. The fourth-order valence-electron chi connectivity index (χ4n) is 3.14. The summed E-state index contributed by atoms with van der Waals surface area (Å²) in [5.41, 5.74) is 3.63. The van der Waals surface area contributed by atoms with Gasteiger partial charge in [0.15, 0.2) is 5.82 Å². The zero-order valence-electron chi connectivity index (χ0n) is 18.0. The molecule has 1 N–H and O–H groups in total. The fraction of sp³-hybridized carbons (Fsp3) is 0.238. The van der Waals surface area contributed by atoms with Crippen LogP contribution < -0.4 is 9.79 Å². The molecule has 0 unspecified atom stereocenters. The van der Waals surface area contributed by atoms with E-state index in [0.29, 0.717) is 0 Å². The molecular weight excluding hydrogens is 491 g/mol. The van der Waals surface area contributed by atoms with Gasteiger partial charge in [-0.25, -0.2) is 9.37 Å². The van der Waals surface area contributed by atoms with Gasteiger partial charge in [-0.2, -0.15) is 8.42 Å². The van der Waals surface area contributed by atoms with E-state index in [9.17, 15) is 17.6 Å². The molecule has 0 aliphatic carbocycles. The molecule has 1 aromatic heterocycles. The van der Waals surface area contributed by atoms with Crippen LogP contribution in [0.5, 0.6) is 0 Å². The highest BCUT2D eigenvalue weighted by Gasteiger charge is 2.32. The topological polar surface area (TPSA) is 91.8 Å². The van der Waals surface area contributed by atoms with Crippen molar-refractivity contribution < 1.29 is 22.4 Å². The number of anilines is 2. The van der Waals surface area contributed by atoms with Crippen molar-refractivity contribution in [2.75, 3.05) is 23.9 Å². The molecule has 176 valence electrons. The Hall–Kier alpha value is -2.73. The predicted molar refractivity (Wildman–Crippen MR) is 126 cm³/mol. The molecule has 0 bridgehead atoms. The van der Waals surface area contributed by atoms with Crippen LogP contribution in [-0.4, -0.2) is 38.9 Å². The minimum Gasteiger partial charge on any atom is -0.377 e. The normalized spacial score (nSPS) is 12.4. The first-order valence-corrected chi connectivity index (χ1v) is 12.4. The monoisotopic (exact) mass is 512 g/mol. The second kappa shape index (κ2) is 10.5. The first-order valence-electron chi connectivity index (χ1n) is 9.66. The number of nitrogens with one attached hydrogen (secondary N) is 1. The number of hydrogen-bond acceptors (Lipinski definition) is 8. The zero-order chi connectivity index (χ0) is 24.2. The Bertz CT molecular complexity index is 1220. The molecule has 0 aliphatic heterocycles. The van der Waals surface area contributed by atoms with Gasteiger partial charge in [0.05, 0.1) is 16.2 Å². The highest BCUT2D eigenvalue weighted by molar-refractivity contribution is 7.92. The van der Waals surface area contributed by atoms with E-state index in [4.69, 9.17) is 11.6 Å². The van der Waals surface area contributed by atoms with Crippen LogP contribution in [0.1, 0.15) is 24.1 Å². The Labute approximate surface area is 200 Å². The largest absolute Gasteiger partial charge is 0.377 e. The minimum atomic E-state index is -4.62. The Balaban J connectivity index is 1.89. The molecule has 3 rings (SSSR count). The van der Waals surface area contributed by atoms with Crippen LogP contribution in [0.4, 0.5) is 15.9 Å². The van der Waals surface area contributed by atoms with Gasteiger partial charge in [0.25, 0.3) is 10.0 Å². The van der Waals surface area contributed by atoms with E-state index in [1.54, 1.807) is 0 Å². The molecule has 33 heavy (non-hydrogen) atoms. The predicted octanol–water partition coefficient (Wildman–Crippen LogP) is 4.45. The highest BCUT2D eigenvalue weighted by Crippen LogP contribution is 2.33. The van der Waals surface area contributed by atoms with Crippen molar-refractivity contribution >= 4 is 50.9 Å². The van der Waals surface area contributed by atoms with Gasteiger partial charge in [-0.3, -0.25) is 4.79 Å². The molecule has 0 amide bonds. The number of aromatic nitrogens is 1. The molecule has 0 saturated heterocycles. The van der Waals surface area contributed by atoms with Crippen molar-refractivity contribution in [2.45, 2.75) is 24.4 Å². The standard InChI is InChI=1S/C21H22ClFN4O4S2/c1-14(16-6-4-5-15(7-16)10-26(2)3)25-19-9-18(23)20(8-17(19)22)33(29,30)27(31-13-28)21-11-32-12-24-21/h4-9,11-14,25H,10H2,1-3H3/t14-/m1/s1. The van der Waals surface area contributed by atoms with E-state index in [0.717, 1.165) is 41.1 Å². The smallest absolute Gasteiger partial charge is 0.322 e. The van der Waals surface area contributed by atoms with E-state index in [2.05, 4.69) is 15.1 Å². The summed E-state index contributed by atoms with van der Waals surface area (Å²) in [5.74, 6) is -1.25. The van der Waals surface area contributed by atoms with Gasteiger partial charge in [0.2, 0.25) is 0 Å². The van der Waals surface area contributed by atoms with Crippen LogP contribution in [-0.2, 0) is 26.2 Å². The maximum atomic E-state index is 15.0. The van der Waals surface area contributed by atoms with E-state index in [1.165, 1.54) is 10.9 Å². The Morgan fingerprint density at radius 1 is 1.30 bits per heavy atom. The molecule has 3 aromatic rings. The highest BCUT2D eigenvalue weighted by atomic mass is 35.5. The molecule has 0 spiro atoms. The quantitative estimate of drug-likeness (QED) is 0.317. The van der Waals surface area contributed by atoms with Crippen LogP contribution in [0.15, 0.2) is 52.2 Å². The van der Waals surface area contributed by atoms with Gasteiger partial charge < -0.3 is 15.1 Å². The Morgan fingerprint density at radius 2 is 2.06 bits per heavy atom. The molecule has 0 saturated carbocycles.